The Morgan fingerprint density at radius 1 is 1.10 bits per heavy atom. The van der Waals surface area contributed by atoms with Crippen LogP contribution in [0.5, 0.6) is 0 Å². The zero-order chi connectivity index (χ0) is 22.7. The number of aryl methyl sites for hydroxylation is 3. The summed E-state index contributed by atoms with van der Waals surface area (Å²) in [6, 6.07) is 11.4. The van der Waals surface area contributed by atoms with Gasteiger partial charge < -0.3 is 15.2 Å². The fourth-order valence-corrected chi connectivity index (χ4v) is 4.44. The van der Waals surface area contributed by atoms with Gasteiger partial charge in [0.15, 0.2) is 10.6 Å². The van der Waals surface area contributed by atoms with E-state index in [0.29, 0.717) is 16.2 Å². The number of halogens is 1. The van der Waals surface area contributed by atoms with Crippen LogP contribution in [0.25, 0.3) is 0 Å². The number of carbonyl (C=O) groups is 2. The van der Waals surface area contributed by atoms with E-state index in [2.05, 4.69) is 38.3 Å². The molecular weight excluding hydrogens is 525 g/mol. The molecular formula is C22H24IN5O2S. The van der Waals surface area contributed by atoms with E-state index in [4.69, 9.17) is 12.2 Å². The SMILES string of the molecule is Cc1ccccc1C(=O)NCc1nn(CC(=O)Nc2c(C)cc(I)cc2C)c(=S)n1C. The van der Waals surface area contributed by atoms with E-state index in [0.717, 1.165) is 25.9 Å². The maximum Gasteiger partial charge on any atom is 0.251 e. The fourth-order valence-electron chi connectivity index (χ4n) is 3.29. The van der Waals surface area contributed by atoms with Crippen molar-refractivity contribution in [3.05, 3.63) is 72.8 Å². The first kappa shape index (κ1) is 23.1. The number of nitrogens with zero attached hydrogens (tertiary/aromatic N) is 3. The molecule has 0 radical (unpaired) electrons. The summed E-state index contributed by atoms with van der Waals surface area (Å²) in [7, 11) is 1.77. The van der Waals surface area contributed by atoms with Crippen LogP contribution in [0.3, 0.4) is 0 Å². The summed E-state index contributed by atoms with van der Waals surface area (Å²) in [5.41, 5.74) is 4.32. The van der Waals surface area contributed by atoms with Crippen LogP contribution in [0.15, 0.2) is 36.4 Å². The highest BCUT2D eigenvalue weighted by Gasteiger charge is 2.15. The maximum absolute atomic E-state index is 12.6. The molecule has 3 aromatic rings. The Kier molecular flexibility index (Phi) is 7.26. The molecule has 0 aliphatic rings. The van der Waals surface area contributed by atoms with Gasteiger partial charge in [0, 0.05) is 21.9 Å². The number of benzene rings is 2. The summed E-state index contributed by atoms with van der Waals surface area (Å²) in [6.45, 7) is 6.01. The van der Waals surface area contributed by atoms with E-state index in [1.165, 1.54) is 4.68 Å². The van der Waals surface area contributed by atoms with E-state index < -0.39 is 0 Å². The molecule has 9 heteroatoms. The second-order valence-corrected chi connectivity index (χ2v) is 8.99. The smallest absolute Gasteiger partial charge is 0.251 e. The van der Waals surface area contributed by atoms with Crippen LogP contribution in [0.2, 0.25) is 0 Å². The lowest BCUT2D eigenvalue weighted by molar-refractivity contribution is -0.116. The molecule has 0 aliphatic heterocycles. The molecule has 0 unspecified atom stereocenters. The normalized spacial score (nSPS) is 10.7. The Hall–Kier alpha value is -2.53. The van der Waals surface area contributed by atoms with Crippen molar-refractivity contribution in [2.45, 2.75) is 33.9 Å². The average Bonchev–Trinajstić information content (AvgIpc) is 2.97. The van der Waals surface area contributed by atoms with Gasteiger partial charge in [-0.2, -0.15) is 5.10 Å². The molecule has 0 saturated carbocycles. The predicted octanol–water partition coefficient (Wildman–Crippen LogP) is 4.05. The number of amides is 2. The summed E-state index contributed by atoms with van der Waals surface area (Å²) in [5, 5.41) is 10.3. The Balaban J connectivity index is 1.69. The largest absolute Gasteiger partial charge is 0.345 e. The Bertz CT molecular complexity index is 1190. The average molecular weight is 549 g/mol. The van der Waals surface area contributed by atoms with Crippen LogP contribution in [-0.4, -0.2) is 26.2 Å². The van der Waals surface area contributed by atoms with Gasteiger partial charge in [-0.3, -0.25) is 9.59 Å². The summed E-state index contributed by atoms with van der Waals surface area (Å²) < 4.78 is 4.70. The van der Waals surface area contributed by atoms with Crippen molar-refractivity contribution in [2.75, 3.05) is 5.32 Å². The fraction of sp³-hybridized carbons (Fsp3) is 0.273. The van der Waals surface area contributed by atoms with E-state index >= 15 is 0 Å². The van der Waals surface area contributed by atoms with Gasteiger partial charge in [-0.1, -0.05) is 18.2 Å². The predicted molar refractivity (Wildman–Crippen MR) is 132 cm³/mol. The van der Waals surface area contributed by atoms with Crippen molar-refractivity contribution in [1.82, 2.24) is 19.7 Å². The summed E-state index contributed by atoms with van der Waals surface area (Å²) in [4.78, 5) is 25.1. The Labute approximate surface area is 200 Å². The first-order valence-electron chi connectivity index (χ1n) is 9.70. The molecule has 31 heavy (non-hydrogen) atoms. The molecule has 7 nitrogen and oxygen atoms in total. The molecule has 2 amide bonds. The minimum Gasteiger partial charge on any atom is -0.345 e. The number of hydrogen-bond donors (Lipinski definition) is 2. The molecule has 1 aromatic heterocycles. The van der Waals surface area contributed by atoms with Crippen molar-refractivity contribution < 1.29 is 9.59 Å². The van der Waals surface area contributed by atoms with E-state index in [9.17, 15) is 9.59 Å². The molecule has 3 rings (SSSR count). The minimum absolute atomic E-state index is 0.0106. The van der Waals surface area contributed by atoms with Crippen LogP contribution < -0.4 is 10.6 Å². The van der Waals surface area contributed by atoms with Gasteiger partial charge >= 0.3 is 0 Å². The van der Waals surface area contributed by atoms with Gasteiger partial charge in [-0.15, -0.1) is 0 Å². The van der Waals surface area contributed by atoms with Gasteiger partial charge in [0.1, 0.15) is 6.54 Å². The van der Waals surface area contributed by atoms with Crippen molar-refractivity contribution in [3.63, 3.8) is 0 Å². The molecule has 162 valence electrons. The van der Waals surface area contributed by atoms with E-state index in [-0.39, 0.29) is 24.9 Å². The monoisotopic (exact) mass is 549 g/mol. The quantitative estimate of drug-likeness (QED) is 0.359. The molecule has 0 aliphatic carbocycles. The molecule has 2 aromatic carbocycles. The number of nitrogens with one attached hydrogen (secondary N) is 2. The molecule has 0 saturated heterocycles. The summed E-state index contributed by atoms with van der Waals surface area (Å²) >= 11 is 7.68. The topological polar surface area (TPSA) is 80.9 Å². The molecule has 2 N–H and O–H groups in total. The van der Waals surface area contributed by atoms with Crippen LogP contribution >= 0.6 is 34.8 Å². The van der Waals surface area contributed by atoms with E-state index in [1.807, 2.05) is 51.1 Å². The highest BCUT2D eigenvalue weighted by Crippen LogP contribution is 2.23. The Morgan fingerprint density at radius 2 is 1.74 bits per heavy atom. The van der Waals surface area contributed by atoms with Gasteiger partial charge in [0.05, 0.1) is 6.54 Å². The minimum atomic E-state index is -0.211. The highest BCUT2D eigenvalue weighted by atomic mass is 127. The first-order chi connectivity index (χ1) is 14.7. The third-order valence-corrected chi connectivity index (χ3v) is 6.09. The van der Waals surface area contributed by atoms with Crippen LogP contribution in [0, 0.1) is 29.1 Å². The second-order valence-electron chi connectivity index (χ2n) is 7.38. The first-order valence-corrected chi connectivity index (χ1v) is 11.2. The highest BCUT2D eigenvalue weighted by molar-refractivity contribution is 14.1. The lowest BCUT2D eigenvalue weighted by Gasteiger charge is -2.12. The number of carbonyl (C=O) groups excluding carboxylic acids is 2. The number of anilines is 1. The maximum atomic E-state index is 12.6. The summed E-state index contributed by atoms with van der Waals surface area (Å²) in [6.07, 6.45) is 0. The third-order valence-electron chi connectivity index (χ3n) is 4.98. The molecule has 0 bridgehead atoms. The molecule has 1 heterocycles. The zero-order valence-corrected chi connectivity index (χ0v) is 20.8. The molecule has 0 fully saturated rings. The van der Waals surface area contributed by atoms with Crippen LogP contribution in [0.1, 0.15) is 32.9 Å². The third kappa shape index (κ3) is 5.40. The Morgan fingerprint density at radius 3 is 2.39 bits per heavy atom. The number of rotatable bonds is 6. The lowest BCUT2D eigenvalue weighted by atomic mass is 10.1. The van der Waals surface area contributed by atoms with Crippen LogP contribution in [0.4, 0.5) is 5.69 Å². The second kappa shape index (κ2) is 9.73. The zero-order valence-electron chi connectivity index (χ0n) is 17.8. The van der Waals surface area contributed by atoms with Crippen molar-refractivity contribution >= 4 is 52.3 Å². The van der Waals surface area contributed by atoms with Gasteiger partial charge in [0.25, 0.3) is 5.91 Å². The standard InChI is InChI=1S/C22H24IN5O2S/c1-13-7-5-6-8-17(13)21(30)24-11-18-26-28(22(31)27(18)4)12-19(29)25-20-14(2)9-16(23)10-15(20)3/h5-10H,11-12H2,1-4H3,(H,24,30)(H,25,29). The molecule has 0 atom stereocenters. The van der Waals surface area contributed by atoms with Gasteiger partial charge in [-0.25, -0.2) is 4.68 Å². The van der Waals surface area contributed by atoms with Gasteiger partial charge in [0.2, 0.25) is 5.91 Å². The summed E-state index contributed by atoms with van der Waals surface area (Å²) in [5.74, 6) is 0.180. The van der Waals surface area contributed by atoms with E-state index in [1.54, 1.807) is 17.7 Å². The van der Waals surface area contributed by atoms with Crippen LogP contribution in [-0.2, 0) is 24.9 Å². The number of hydrogen-bond acceptors (Lipinski definition) is 4. The number of aromatic nitrogens is 3. The van der Waals surface area contributed by atoms with Gasteiger partial charge in [-0.05, 0) is 90.5 Å². The lowest BCUT2D eigenvalue weighted by Crippen LogP contribution is -2.25. The van der Waals surface area contributed by atoms with Crippen molar-refractivity contribution in [2.24, 2.45) is 7.05 Å². The van der Waals surface area contributed by atoms with Crippen molar-refractivity contribution in [1.29, 1.82) is 0 Å². The molecule has 0 spiro atoms. The van der Waals surface area contributed by atoms with Crippen molar-refractivity contribution in [3.8, 4) is 0 Å².